The van der Waals surface area contributed by atoms with Crippen molar-refractivity contribution >= 4 is 0 Å². The minimum Gasteiger partial charge on any atom is -0.381 e. The van der Waals surface area contributed by atoms with Crippen LogP contribution in [0.4, 0.5) is 0 Å². The average Bonchev–Trinajstić information content (AvgIpc) is 1.81. The number of aliphatic hydroxyl groups is 1. The maximum atomic E-state index is 8.89. The molecule has 0 aliphatic carbocycles. The summed E-state index contributed by atoms with van der Waals surface area (Å²) in [6.07, 6.45) is 1.16. The molecule has 1 unspecified atom stereocenters. The van der Waals surface area contributed by atoms with E-state index in [0.717, 1.165) is 12.0 Å². The van der Waals surface area contributed by atoms with Crippen LogP contribution < -0.4 is 0 Å². The van der Waals surface area contributed by atoms with Gasteiger partial charge in [0.1, 0.15) is 6.10 Å². The summed E-state index contributed by atoms with van der Waals surface area (Å²) < 4.78 is 0. The van der Waals surface area contributed by atoms with E-state index in [1.54, 1.807) is 6.92 Å². The van der Waals surface area contributed by atoms with E-state index in [4.69, 9.17) is 5.11 Å². The molecule has 0 rings (SSSR count). The van der Waals surface area contributed by atoms with Gasteiger partial charge in [0.05, 0.1) is 0 Å². The number of allylic oxidation sites excluding steroid dienone is 1. The van der Waals surface area contributed by atoms with Crippen LogP contribution in [0.3, 0.4) is 0 Å². The van der Waals surface area contributed by atoms with Gasteiger partial charge in [0, 0.05) is 6.42 Å². The average molecular weight is 180 g/mol. The van der Waals surface area contributed by atoms with E-state index in [9.17, 15) is 0 Å². The van der Waals surface area contributed by atoms with Crippen molar-refractivity contribution in [3.63, 3.8) is 0 Å². The summed E-state index contributed by atoms with van der Waals surface area (Å²) in [6.45, 7) is 12.2. The molecule has 0 amide bonds. The normalized spacial score (nSPS) is 13.0. The Labute approximate surface area is 81.9 Å². The largest absolute Gasteiger partial charge is 0.381 e. The Morgan fingerprint density at radius 2 is 2.00 bits per heavy atom. The lowest BCUT2D eigenvalue weighted by Gasteiger charge is -2.18. The molecule has 13 heavy (non-hydrogen) atoms. The van der Waals surface area contributed by atoms with Crippen molar-refractivity contribution in [1.82, 2.24) is 0 Å². The van der Waals surface area contributed by atoms with Crippen molar-refractivity contribution in [2.45, 2.75) is 46.6 Å². The van der Waals surface area contributed by atoms with E-state index in [1.165, 1.54) is 0 Å². The Morgan fingerprint density at radius 1 is 1.46 bits per heavy atom. The Bertz CT molecular complexity index is 220. The highest BCUT2D eigenvalue weighted by atomic mass is 16.3. The molecule has 1 N–H and O–H groups in total. The zero-order valence-corrected chi connectivity index (χ0v) is 9.15. The third-order valence-electron chi connectivity index (χ3n) is 1.43. The summed E-state index contributed by atoms with van der Waals surface area (Å²) in [4.78, 5) is 0. The second kappa shape index (κ2) is 5.09. The van der Waals surface area contributed by atoms with Gasteiger partial charge in [-0.05, 0) is 18.8 Å². The van der Waals surface area contributed by atoms with Crippen LogP contribution in [-0.2, 0) is 0 Å². The predicted molar refractivity (Wildman–Crippen MR) is 57.3 cm³/mol. The van der Waals surface area contributed by atoms with Crippen molar-refractivity contribution in [2.75, 3.05) is 0 Å². The lowest BCUT2D eigenvalue weighted by Crippen LogP contribution is -2.05. The standard InChI is InChI=1S/C12H20O/c1-10(9-12(3,4)5)7-6-8-11(2)13/h11,13H,1,7,9H2,2-5H3. The van der Waals surface area contributed by atoms with Crippen molar-refractivity contribution < 1.29 is 5.11 Å². The van der Waals surface area contributed by atoms with Crippen LogP contribution in [-0.4, -0.2) is 11.2 Å². The van der Waals surface area contributed by atoms with Crippen molar-refractivity contribution in [3.8, 4) is 11.8 Å². The second-order valence-corrected chi connectivity index (χ2v) is 4.66. The molecular weight excluding hydrogens is 160 g/mol. The Morgan fingerprint density at radius 3 is 2.38 bits per heavy atom. The first-order valence-corrected chi connectivity index (χ1v) is 4.64. The van der Waals surface area contributed by atoms with E-state index in [0.29, 0.717) is 6.42 Å². The predicted octanol–water partition coefficient (Wildman–Crippen LogP) is 2.75. The van der Waals surface area contributed by atoms with Gasteiger partial charge in [-0.3, -0.25) is 0 Å². The molecule has 0 aromatic rings. The lowest BCUT2D eigenvalue weighted by atomic mass is 9.87. The summed E-state index contributed by atoms with van der Waals surface area (Å²) in [5, 5.41) is 8.89. The van der Waals surface area contributed by atoms with Crippen LogP contribution >= 0.6 is 0 Å². The number of aliphatic hydroxyl groups excluding tert-OH is 1. The third-order valence-corrected chi connectivity index (χ3v) is 1.43. The minimum atomic E-state index is -0.526. The molecule has 0 bridgehead atoms. The first-order chi connectivity index (χ1) is 5.81. The molecule has 1 nitrogen and oxygen atoms in total. The quantitative estimate of drug-likeness (QED) is 0.512. The topological polar surface area (TPSA) is 20.2 Å². The van der Waals surface area contributed by atoms with Crippen molar-refractivity contribution in [1.29, 1.82) is 0 Å². The molecule has 0 saturated carbocycles. The number of hydrogen-bond acceptors (Lipinski definition) is 1. The molecule has 0 heterocycles. The highest BCUT2D eigenvalue weighted by Crippen LogP contribution is 2.24. The zero-order chi connectivity index (χ0) is 10.5. The molecule has 0 aliphatic rings. The smallest absolute Gasteiger partial charge is 0.111 e. The molecule has 0 radical (unpaired) electrons. The molecule has 0 aliphatic heterocycles. The number of rotatable bonds is 2. The first kappa shape index (κ1) is 12.3. The molecule has 1 heteroatoms. The maximum Gasteiger partial charge on any atom is 0.111 e. The van der Waals surface area contributed by atoms with Crippen LogP contribution in [0.2, 0.25) is 0 Å². The van der Waals surface area contributed by atoms with Gasteiger partial charge >= 0.3 is 0 Å². The van der Waals surface area contributed by atoms with E-state index in [1.807, 2.05) is 0 Å². The molecule has 74 valence electrons. The van der Waals surface area contributed by atoms with Gasteiger partial charge < -0.3 is 5.11 Å². The summed E-state index contributed by atoms with van der Waals surface area (Å²) in [5.74, 6) is 5.61. The minimum absolute atomic E-state index is 0.281. The summed E-state index contributed by atoms with van der Waals surface area (Å²) >= 11 is 0. The molecule has 1 atom stereocenters. The van der Waals surface area contributed by atoms with Gasteiger partial charge in [-0.1, -0.05) is 44.8 Å². The molecule has 0 spiro atoms. The maximum absolute atomic E-state index is 8.89. The van der Waals surface area contributed by atoms with E-state index >= 15 is 0 Å². The monoisotopic (exact) mass is 180 g/mol. The fourth-order valence-corrected chi connectivity index (χ4v) is 1.14. The van der Waals surface area contributed by atoms with E-state index < -0.39 is 6.10 Å². The van der Waals surface area contributed by atoms with Crippen LogP contribution in [0.25, 0.3) is 0 Å². The Hall–Kier alpha value is -0.740. The SMILES string of the molecule is C=C(CC#CC(C)O)CC(C)(C)C. The Kier molecular flexibility index (Phi) is 4.80. The highest BCUT2D eigenvalue weighted by Gasteiger charge is 2.10. The van der Waals surface area contributed by atoms with Gasteiger partial charge in [-0.15, -0.1) is 0 Å². The first-order valence-electron chi connectivity index (χ1n) is 4.64. The van der Waals surface area contributed by atoms with Crippen molar-refractivity contribution in [3.05, 3.63) is 12.2 Å². The molecule has 0 saturated heterocycles. The van der Waals surface area contributed by atoms with Gasteiger partial charge in [0.2, 0.25) is 0 Å². The van der Waals surface area contributed by atoms with Gasteiger partial charge in [0.25, 0.3) is 0 Å². The molecule has 0 aromatic carbocycles. The third kappa shape index (κ3) is 9.17. The van der Waals surface area contributed by atoms with Crippen LogP contribution in [0, 0.1) is 17.3 Å². The lowest BCUT2D eigenvalue weighted by molar-refractivity contribution is 0.253. The number of hydrogen-bond donors (Lipinski definition) is 1. The van der Waals surface area contributed by atoms with Crippen LogP contribution in [0.15, 0.2) is 12.2 Å². The molecule has 0 fully saturated rings. The fourth-order valence-electron chi connectivity index (χ4n) is 1.14. The van der Waals surface area contributed by atoms with E-state index in [-0.39, 0.29) is 5.41 Å². The second-order valence-electron chi connectivity index (χ2n) is 4.66. The van der Waals surface area contributed by atoms with Gasteiger partial charge in [-0.2, -0.15) is 0 Å². The van der Waals surface area contributed by atoms with Crippen molar-refractivity contribution in [2.24, 2.45) is 5.41 Å². The summed E-state index contributed by atoms with van der Waals surface area (Å²) in [5.41, 5.74) is 1.42. The molecule has 0 aromatic heterocycles. The van der Waals surface area contributed by atoms with Crippen LogP contribution in [0.5, 0.6) is 0 Å². The summed E-state index contributed by atoms with van der Waals surface area (Å²) in [7, 11) is 0. The molecular formula is C12H20O. The Balaban J connectivity index is 3.86. The van der Waals surface area contributed by atoms with Crippen LogP contribution in [0.1, 0.15) is 40.5 Å². The fraction of sp³-hybridized carbons (Fsp3) is 0.667. The zero-order valence-electron chi connectivity index (χ0n) is 9.15. The highest BCUT2D eigenvalue weighted by molar-refractivity contribution is 5.13. The van der Waals surface area contributed by atoms with E-state index in [2.05, 4.69) is 39.2 Å². The van der Waals surface area contributed by atoms with Gasteiger partial charge in [0.15, 0.2) is 0 Å². The summed E-state index contributed by atoms with van der Waals surface area (Å²) in [6, 6.07) is 0. The van der Waals surface area contributed by atoms with Gasteiger partial charge in [-0.25, -0.2) is 0 Å².